The lowest BCUT2D eigenvalue weighted by atomic mass is 10.1. The summed E-state index contributed by atoms with van der Waals surface area (Å²) in [7, 11) is 0. The SMILES string of the molecule is N#Cc1ccc(Nc2ncnc3onc(-c4ccccc4)c23)cc1. The number of hydrogen-bond acceptors (Lipinski definition) is 6. The van der Waals surface area contributed by atoms with E-state index < -0.39 is 0 Å². The van der Waals surface area contributed by atoms with Crippen LogP contribution >= 0.6 is 0 Å². The van der Waals surface area contributed by atoms with Gasteiger partial charge >= 0.3 is 0 Å². The molecule has 0 fully saturated rings. The first-order valence-electron chi connectivity index (χ1n) is 7.28. The van der Waals surface area contributed by atoms with E-state index in [1.807, 2.05) is 42.5 Å². The second-order valence-electron chi connectivity index (χ2n) is 5.11. The molecular weight excluding hydrogens is 302 g/mol. The van der Waals surface area contributed by atoms with Crippen LogP contribution in [-0.4, -0.2) is 15.1 Å². The molecule has 0 aliphatic heterocycles. The maximum atomic E-state index is 8.88. The van der Waals surface area contributed by atoms with Crippen LogP contribution < -0.4 is 5.32 Å². The summed E-state index contributed by atoms with van der Waals surface area (Å²) in [5.74, 6) is 0.602. The van der Waals surface area contributed by atoms with Gasteiger partial charge in [-0.1, -0.05) is 35.5 Å². The van der Waals surface area contributed by atoms with Gasteiger partial charge in [-0.15, -0.1) is 0 Å². The minimum atomic E-state index is 0.417. The molecule has 0 radical (unpaired) electrons. The van der Waals surface area contributed by atoms with E-state index >= 15 is 0 Å². The topological polar surface area (TPSA) is 87.6 Å². The van der Waals surface area contributed by atoms with Crippen molar-refractivity contribution in [2.45, 2.75) is 0 Å². The molecular formula is C18H11N5O. The lowest BCUT2D eigenvalue weighted by Crippen LogP contribution is -1.95. The molecule has 114 valence electrons. The highest BCUT2D eigenvalue weighted by Gasteiger charge is 2.16. The van der Waals surface area contributed by atoms with Crippen molar-refractivity contribution in [2.24, 2.45) is 0 Å². The van der Waals surface area contributed by atoms with Crippen LogP contribution in [0.3, 0.4) is 0 Å². The Morgan fingerprint density at radius 2 is 1.75 bits per heavy atom. The molecule has 0 atom stereocenters. The number of fused-ring (bicyclic) bond motifs is 1. The molecule has 0 amide bonds. The van der Waals surface area contributed by atoms with Crippen molar-refractivity contribution < 1.29 is 4.52 Å². The molecule has 1 N–H and O–H groups in total. The van der Waals surface area contributed by atoms with E-state index in [1.165, 1.54) is 6.33 Å². The third kappa shape index (κ3) is 2.44. The summed E-state index contributed by atoms with van der Waals surface area (Å²) in [5, 5.41) is 17.0. The molecule has 0 unspecified atom stereocenters. The molecule has 0 spiro atoms. The van der Waals surface area contributed by atoms with Gasteiger partial charge in [-0.2, -0.15) is 10.2 Å². The number of aromatic nitrogens is 3. The van der Waals surface area contributed by atoms with Crippen molar-refractivity contribution in [3.05, 3.63) is 66.5 Å². The van der Waals surface area contributed by atoms with E-state index in [1.54, 1.807) is 12.1 Å². The van der Waals surface area contributed by atoms with Crippen LogP contribution in [0, 0.1) is 11.3 Å². The second kappa shape index (κ2) is 5.82. The summed E-state index contributed by atoms with van der Waals surface area (Å²) in [6.45, 7) is 0. The fraction of sp³-hybridized carbons (Fsp3) is 0. The zero-order valence-electron chi connectivity index (χ0n) is 12.5. The number of nitriles is 1. The molecule has 6 nitrogen and oxygen atoms in total. The lowest BCUT2D eigenvalue weighted by molar-refractivity contribution is 0.451. The Balaban J connectivity index is 1.80. The fourth-order valence-electron chi connectivity index (χ4n) is 2.44. The molecule has 24 heavy (non-hydrogen) atoms. The van der Waals surface area contributed by atoms with E-state index in [9.17, 15) is 0 Å². The predicted octanol–water partition coefficient (Wildman–Crippen LogP) is 3.90. The number of nitrogens with zero attached hydrogens (tertiary/aromatic N) is 4. The minimum Gasteiger partial charge on any atom is -0.339 e. The highest BCUT2D eigenvalue weighted by atomic mass is 16.5. The van der Waals surface area contributed by atoms with Gasteiger partial charge in [0, 0.05) is 11.3 Å². The smallest absolute Gasteiger partial charge is 0.263 e. The van der Waals surface area contributed by atoms with Crippen molar-refractivity contribution in [1.29, 1.82) is 5.26 Å². The van der Waals surface area contributed by atoms with Crippen molar-refractivity contribution in [2.75, 3.05) is 5.32 Å². The molecule has 0 saturated carbocycles. The monoisotopic (exact) mass is 313 g/mol. The molecule has 0 saturated heterocycles. The first-order chi connectivity index (χ1) is 11.8. The van der Waals surface area contributed by atoms with E-state index in [-0.39, 0.29) is 0 Å². The number of nitrogens with one attached hydrogen (secondary N) is 1. The van der Waals surface area contributed by atoms with Crippen LogP contribution in [0.25, 0.3) is 22.4 Å². The Kier molecular flexibility index (Phi) is 3.37. The van der Waals surface area contributed by atoms with Gasteiger partial charge < -0.3 is 9.84 Å². The molecule has 0 bridgehead atoms. The molecule has 2 aromatic heterocycles. The molecule has 6 heteroatoms. The Labute approximate surface area is 137 Å². The highest BCUT2D eigenvalue weighted by molar-refractivity contribution is 5.98. The van der Waals surface area contributed by atoms with E-state index in [4.69, 9.17) is 9.78 Å². The van der Waals surface area contributed by atoms with Crippen LogP contribution in [-0.2, 0) is 0 Å². The number of hydrogen-bond donors (Lipinski definition) is 1. The lowest BCUT2D eigenvalue weighted by Gasteiger charge is -2.06. The molecule has 2 aromatic carbocycles. The van der Waals surface area contributed by atoms with Crippen LogP contribution in [0.5, 0.6) is 0 Å². The minimum absolute atomic E-state index is 0.417. The average Bonchev–Trinajstić information content (AvgIpc) is 3.08. The number of rotatable bonds is 3. The van der Waals surface area contributed by atoms with Gasteiger partial charge in [-0.3, -0.25) is 0 Å². The van der Waals surface area contributed by atoms with Gasteiger partial charge in [-0.25, -0.2) is 4.98 Å². The zero-order valence-corrected chi connectivity index (χ0v) is 12.5. The maximum Gasteiger partial charge on any atom is 0.263 e. The van der Waals surface area contributed by atoms with Crippen LogP contribution in [0.2, 0.25) is 0 Å². The summed E-state index contributed by atoms with van der Waals surface area (Å²) in [6.07, 6.45) is 1.42. The Hall–Kier alpha value is -3.72. The molecule has 2 heterocycles. The largest absolute Gasteiger partial charge is 0.339 e. The summed E-state index contributed by atoms with van der Waals surface area (Å²) in [4.78, 5) is 8.45. The van der Waals surface area contributed by atoms with E-state index in [0.29, 0.717) is 28.2 Å². The van der Waals surface area contributed by atoms with Gasteiger partial charge in [0.2, 0.25) is 0 Å². The fourth-order valence-corrected chi connectivity index (χ4v) is 2.44. The summed E-state index contributed by atoms with van der Waals surface area (Å²) < 4.78 is 5.33. The number of benzene rings is 2. The van der Waals surface area contributed by atoms with Crippen LogP contribution in [0.15, 0.2) is 65.4 Å². The van der Waals surface area contributed by atoms with Crippen molar-refractivity contribution in [3.63, 3.8) is 0 Å². The van der Waals surface area contributed by atoms with Gasteiger partial charge in [0.1, 0.15) is 23.2 Å². The van der Waals surface area contributed by atoms with Gasteiger partial charge in [0.25, 0.3) is 5.71 Å². The zero-order chi connectivity index (χ0) is 16.4. The summed E-state index contributed by atoms with van der Waals surface area (Å²) >= 11 is 0. The average molecular weight is 313 g/mol. The molecule has 4 aromatic rings. The summed E-state index contributed by atoms with van der Waals surface area (Å²) in [5.41, 5.74) is 3.44. The molecule has 0 aliphatic rings. The highest BCUT2D eigenvalue weighted by Crippen LogP contribution is 2.32. The molecule has 0 aliphatic carbocycles. The van der Waals surface area contributed by atoms with Crippen LogP contribution in [0.4, 0.5) is 11.5 Å². The maximum absolute atomic E-state index is 8.88. The van der Waals surface area contributed by atoms with Crippen molar-refractivity contribution >= 4 is 22.6 Å². The van der Waals surface area contributed by atoms with Crippen molar-refractivity contribution in [3.8, 4) is 17.3 Å². The summed E-state index contributed by atoms with van der Waals surface area (Å²) in [6, 6.07) is 19.0. The van der Waals surface area contributed by atoms with Gasteiger partial charge in [-0.05, 0) is 24.3 Å². The third-order valence-corrected chi connectivity index (χ3v) is 3.60. The predicted molar refractivity (Wildman–Crippen MR) is 89.5 cm³/mol. The van der Waals surface area contributed by atoms with Crippen molar-refractivity contribution in [1.82, 2.24) is 15.1 Å². The quantitative estimate of drug-likeness (QED) is 0.617. The van der Waals surface area contributed by atoms with E-state index in [0.717, 1.165) is 11.3 Å². The Bertz CT molecular complexity index is 1030. The second-order valence-corrected chi connectivity index (χ2v) is 5.11. The van der Waals surface area contributed by atoms with E-state index in [2.05, 4.69) is 26.5 Å². The van der Waals surface area contributed by atoms with Crippen LogP contribution in [0.1, 0.15) is 5.56 Å². The first kappa shape index (κ1) is 13.9. The standard InChI is InChI=1S/C18H11N5O/c19-10-12-6-8-14(9-7-12)22-17-15-16(13-4-2-1-3-5-13)23-24-18(15)21-11-20-17/h1-9,11H,(H,20,21,22). The third-order valence-electron chi connectivity index (χ3n) is 3.60. The molecule has 4 rings (SSSR count). The normalized spacial score (nSPS) is 10.5. The first-order valence-corrected chi connectivity index (χ1v) is 7.28. The Morgan fingerprint density at radius 3 is 2.50 bits per heavy atom. The Morgan fingerprint density at radius 1 is 0.958 bits per heavy atom. The van der Waals surface area contributed by atoms with Gasteiger partial charge in [0.05, 0.1) is 11.6 Å². The number of anilines is 2. The van der Waals surface area contributed by atoms with Gasteiger partial charge in [0.15, 0.2) is 0 Å².